The first-order valence-electron chi connectivity index (χ1n) is 10.3. The molecule has 30 heavy (non-hydrogen) atoms. The number of rotatable bonds is 6. The third-order valence-electron chi connectivity index (χ3n) is 5.57. The number of carbonyl (C=O) groups is 1. The zero-order chi connectivity index (χ0) is 21.1. The van der Waals surface area contributed by atoms with E-state index in [9.17, 15) is 9.90 Å². The number of nitrogens with zero attached hydrogens (tertiary/aromatic N) is 2. The third kappa shape index (κ3) is 4.30. The van der Waals surface area contributed by atoms with Crippen LogP contribution in [0.1, 0.15) is 25.0 Å². The normalized spacial score (nSPS) is 17.0. The van der Waals surface area contributed by atoms with Gasteiger partial charge in [0.05, 0.1) is 6.10 Å². The highest BCUT2D eigenvalue weighted by Crippen LogP contribution is 2.24. The summed E-state index contributed by atoms with van der Waals surface area (Å²) in [5, 5.41) is 14.3. The quantitative estimate of drug-likeness (QED) is 0.660. The van der Waals surface area contributed by atoms with Crippen molar-refractivity contribution in [3.8, 4) is 5.75 Å². The SMILES string of the molecule is CC(Oc1cccc2cccnc12)C(=O)N[C@H](C(C)O)N1CCc2ccccc2C1. The van der Waals surface area contributed by atoms with Crippen LogP contribution < -0.4 is 10.1 Å². The molecule has 3 aromatic rings. The van der Waals surface area contributed by atoms with Gasteiger partial charge in [-0.25, -0.2) is 0 Å². The second-order valence-electron chi connectivity index (χ2n) is 7.77. The summed E-state index contributed by atoms with van der Waals surface area (Å²) in [6, 6.07) is 17.8. The van der Waals surface area contributed by atoms with Crippen molar-refractivity contribution in [1.29, 1.82) is 0 Å². The maximum atomic E-state index is 12.9. The molecule has 0 radical (unpaired) electrons. The first-order valence-corrected chi connectivity index (χ1v) is 10.3. The molecule has 0 fully saturated rings. The molecule has 2 aromatic carbocycles. The zero-order valence-corrected chi connectivity index (χ0v) is 17.3. The van der Waals surface area contributed by atoms with Crippen LogP contribution in [-0.4, -0.2) is 45.8 Å². The molecule has 0 aliphatic carbocycles. The molecule has 1 amide bonds. The number of ether oxygens (including phenoxy) is 1. The summed E-state index contributed by atoms with van der Waals surface area (Å²) in [4.78, 5) is 19.4. The van der Waals surface area contributed by atoms with Crippen molar-refractivity contribution in [3.05, 3.63) is 71.9 Å². The predicted molar refractivity (Wildman–Crippen MR) is 116 cm³/mol. The number of nitrogens with one attached hydrogen (secondary N) is 1. The standard InChI is InChI=1S/C24H27N3O3/c1-16(28)23(27-14-12-18-7-3-4-8-20(18)15-27)26-24(29)17(2)30-21-11-5-9-19-10-6-13-25-22(19)21/h3-11,13,16-17,23,28H,12,14-15H2,1-2H3,(H,26,29)/t16?,17?,23-/m0/s1. The van der Waals surface area contributed by atoms with Crippen molar-refractivity contribution in [3.63, 3.8) is 0 Å². The van der Waals surface area contributed by atoms with Gasteiger partial charge < -0.3 is 15.2 Å². The largest absolute Gasteiger partial charge is 0.479 e. The van der Waals surface area contributed by atoms with Crippen LogP contribution in [-0.2, 0) is 17.8 Å². The molecule has 0 bridgehead atoms. The molecule has 4 rings (SSSR count). The molecule has 0 saturated carbocycles. The molecule has 6 heteroatoms. The van der Waals surface area contributed by atoms with Crippen molar-refractivity contribution in [2.24, 2.45) is 0 Å². The molecule has 1 aliphatic rings. The number of benzene rings is 2. The fourth-order valence-corrected chi connectivity index (χ4v) is 3.95. The first-order chi connectivity index (χ1) is 14.5. The van der Waals surface area contributed by atoms with Gasteiger partial charge in [-0.15, -0.1) is 0 Å². The van der Waals surface area contributed by atoms with E-state index in [-0.39, 0.29) is 5.91 Å². The summed E-state index contributed by atoms with van der Waals surface area (Å²) in [7, 11) is 0. The van der Waals surface area contributed by atoms with Crippen LogP contribution in [0.5, 0.6) is 5.75 Å². The summed E-state index contributed by atoms with van der Waals surface area (Å²) in [6.07, 6.45) is 0.671. The lowest BCUT2D eigenvalue weighted by molar-refractivity contribution is -0.131. The van der Waals surface area contributed by atoms with Gasteiger partial charge in [-0.2, -0.15) is 0 Å². The molecular weight excluding hydrogens is 378 g/mol. The maximum absolute atomic E-state index is 12.9. The number of carbonyl (C=O) groups excluding carboxylic acids is 1. The van der Waals surface area contributed by atoms with E-state index in [0.29, 0.717) is 12.3 Å². The van der Waals surface area contributed by atoms with E-state index in [1.165, 1.54) is 11.1 Å². The van der Waals surface area contributed by atoms with Gasteiger partial charge in [-0.3, -0.25) is 14.7 Å². The van der Waals surface area contributed by atoms with E-state index in [1.54, 1.807) is 20.0 Å². The second-order valence-corrected chi connectivity index (χ2v) is 7.77. The van der Waals surface area contributed by atoms with Crippen molar-refractivity contribution in [2.75, 3.05) is 6.54 Å². The number of aromatic nitrogens is 1. The van der Waals surface area contributed by atoms with Crippen LogP contribution in [0.3, 0.4) is 0 Å². The van der Waals surface area contributed by atoms with Crippen LogP contribution in [0, 0.1) is 0 Å². The number of amides is 1. The minimum atomic E-state index is -0.726. The highest BCUT2D eigenvalue weighted by Gasteiger charge is 2.30. The van der Waals surface area contributed by atoms with E-state index in [4.69, 9.17) is 4.74 Å². The Labute approximate surface area is 176 Å². The predicted octanol–water partition coefficient (Wildman–Crippen LogP) is 2.88. The summed E-state index contributed by atoms with van der Waals surface area (Å²) in [5.74, 6) is 0.295. The van der Waals surface area contributed by atoms with Gasteiger partial charge in [-0.1, -0.05) is 42.5 Å². The van der Waals surface area contributed by atoms with Gasteiger partial charge in [0, 0.05) is 24.7 Å². The van der Waals surface area contributed by atoms with E-state index in [2.05, 4.69) is 27.3 Å². The van der Waals surface area contributed by atoms with Crippen LogP contribution in [0.2, 0.25) is 0 Å². The van der Waals surface area contributed by atoms with Crippen molar-refractivity contribution < 1.29 is 14.6 Å². The Hall–Kier alpha value is -2.96. The highest BCUT2D eigenvalue weighted by molar-refractivity contribution is 5.85. The van der Waals surface area contributed by atoms with Crippen LogP contribution >= 0.6 is 0 Å². The number of aliphatic hydroxyl groups is 1. The number of aliphatic hydroxyl groups excluding tert-OH is 1. The molecule has 2 N–H and O–H groups in total. The van der Waals surface area contributed by atoms with Gasteiger partial charge in [0.15, 0.2) is 6.10 Å². The number of hydrogen-bond acceptors (Lipinski definition) is 5. The summed E-state index contributed by atoms with van der Waals surface area (Å²) in [5.41, 5.74) is 3.28. The summed E-state index contributed by atoms with van der Waals surface area (Å²) >= 11 is 0. The third-order valence-corrected chi connectivity index (χ3v) is 5.57. The fraction of sp³-hybridized carbons (Fsp3) is 0.333. The van der Waals surface area contributed by atoms with Crippen molar-refractivity contribution >= 4 is 16.8 Å². The molecule has 156 valence electrons. The van der Waals surface area contributed by atoms with Gasteiger partial charge >= 0.3 is 0 Å². The Morgan fingerprint density at radius 1 is 1.10 bits per heavy atom. The van der Waals surface area contributed by atoms with Gasteiger partial charge in [0.25, 0.3) is 5.91 Å². The Morgan fingerprint density at radius 3 is 2.67 bits per heavy atom. The Kier molecular flexibility index (Phi) is 5.97. The summed E-state index contributed by atoms with van der Waals surface area (Å²) < 4.78 is 5.94. The smallest absolute Gasteiger partial charge is 0.262 e. The number of pyridine rings is 1. The molecule has 3 atom stereocenters. The van der Waals surface area contributed by atoms with Gasteiger partial charge in [-0.05, 0) is 43.5 Å². The molecule has 1 aromatic heterocycles. The molecule has 2 unspecified atom stereocenters. The average Bonchev–Trinajstić information content (AvgIpc) is 2.77. The lowest BCUT2D eigenvalue weighted by Crippen LogP contribution is -2.57. The fourth-order valence-electron chi connectivity index (χ4n) is 3.95. The van der Waals surface area contributed by atoms with Crippen LogP contribution in [0.4, 0.5) is 0 Å². The van der Waals surface area contributed by atoms with E-state index >= 15 is 0 Å². The minimum absolute atomic E-state index is 0.271. The number of para-hydroxylation sites is 1. The Balaban J connectivity index is 1.45. The molecule has 0 spiro atoms. The Morgan fingerprint density at radius 2 is 1.87 bits per heavy atom. The Bertz CT molecular complexity index is 1030. The first kappa shape index (κ1) is 20.3. The molecule has 0 saturated heterocycles. The van der Waals surface area contributed by atoms with Crippen molar-refractivity contribution in [1.82, 2.24) is 15.2 Å². The van der Waals surface area contributed by atoms with Crippen LogP contribution in [0.25, 0.3) is 10.9 Å². The topological polar surface area (TPSA) is 74.7 Å². The molecule has 2 heterocycles. The number of hydrogen-bond donors (Lipinski definition) is 2. The minimum Gasteiger partial charge on any atom is -0.479 e. The van der Waals surface area contributed by atoms with E-state index < -0.39 is 18.4 Å². The van der Waals surface area contributed by atoms with E-state index in [0.717, 1.165) is 23.9 Å². The monoisotopic (exact) mass is 405 g/mol. The van der Waals surface area contributed by atoms with E-state index in [1.807, 2.05) is 42.5 Å². The van der Waals surface area contributed by atoms with Gasteiger partial charge in [0.2, 0.25) is 0 Å². The van der Waals surface area contributed by atoms with Crippen LogP contribution in [0.15, 0.2) is 60.8 Å². The average molecular weight is 405 g/mol. The lowest BCUT2D eigenvalue weighted by Gasteiger charge is -2.37. The molecule has 6 nitrogen and oxygen atoms in total. The maximum Gasteiger partial charge on any atom is 0.262 e. The zero-order valence-electron chi connectivity index (χ0n) is 17.3. The lowest BCUT2D eigenvalue weighted by atomic mass is 9.99. The second kappa shape index (κ2) is 8.81. The van der Waals surface area contributed by atoms with Crippen molar-refractivity contribution in [2.45, 2.75) is 45.2 Å². The highest BCUT2D eigenvalue weighted by atomic mass is 16.5. The number of fused-ring (bicyclic) bond motifs is 2. The summed E-state index contributed by atoms with van der Waals surface area (Å²) in [6.45, 7) is 4.87. The molecule has 1 aliphatic heterocycles. The van der Waals surface area contributed by atoms with Gasteiger partial charge in [0.1, 0.15) is 17.4 Å². The molecular formula is C24H27N3O3.